The minimum atomic E-state index is -0.0135. The molecule has 0 radical (unpaired) electrons. The Bertz CT molecular complexity index is 444. The van der Waals surface area contributed by atoms with Crippen LogP contribution in [0.4, 0.5) is 5.13 Å². The number of aliphatic hydroxyl groups is 1. The van der Waals surface area contributed by atoms with Crippen LogP contribution in [0.15, 0.2) is 0 Å². The van der Waals surface area contributed by atoms with E-state index in [4.69, 9.17) is 4.98 Å². The lowest BCUT2D eigenvalue weighted by Gasteiger charge is -2.35. The summed E-state index contributed by atoms with van der Waals surface area (Å²) in [6.45, 7) is 8.85. The fourth-order valence-corrected chi connectivity index (χ4v) is 3.89. The van der Waals surface area contributed by atoms with E-state index in [-0.39, 0.29) is 12.0 Å². The zero-order valence-electron chi connectivity index (χ0n) is 13.3. The number of anilines is 1. The number of hydrogen-bond donors (Lipinski definition) is 1. The average Bonchev–Trinajstić information content (AvgIpc) is 2.83. The van der Waals surface area contributed by atoms with Gasteiger partial charge in [0.2, 0.25) is 0 Å². The third-order valence-corrected chi connectivity index (χ3v) is 5.21. The standard InChI is InChI=1S/C15H27N3OS/c1-15(2,3)13-12(10-19)20-14(16-13)18(5)11-6-8-17(4)9-7-11/h11,19H,6-10H2,1-5H3. The van der Waals surface area contributed by atoms with Crippen molar-refractivity contribution in [2.45, 2.75) is 51.7 Å². The number of piperidine rings is 1. The zero-order chi connectivity index (χ0) is 14.9. The van der Waals surface area contributed by atoms with Gasteiger partial charge in [-0.2, -0.15) is 0 Å². The molecule has 1 aliphatic heterocycles. The first kappa shape index (κ1) is 15.7. The molecular formula is C15H27N3OS. The number of thiazole rings is 1. The summed E-state index contributed by atoms with van der Waals surface area (Å²) in [5, 5.41) is 10.6. The molecule has 0 aromatic carbocycles. The average molecular weight is 297 g/mol. The number of hydrogen-bond acceptors (Lipinski definition) is 5. The predicted molar refractivity (Wildman–Crippen MR) is 85.7 cm³/mol. The molecule has 0 saturated carbocycles. The normalized spacial score (nSPS) is 18.5. The SMILES string of the molecule is CN1CCC(N(C)c2nc(C(C)(C)C)c(CO)s2)CC1. The highest BCUT2D eigenvalue weighted by Gasteiger charge is 2.27. The molecule has 0 amide bonds. The third kappa shape index (κ3) is 3.32. The molecule has 1 saturated heterocycles. The van der Waals surface area contributed by atoms with Crippen molar-refractivity contribution in [1.29, 1.82) is 0 Å². The smallest absolute Gasteiger partial charge is 0.185 e. The van der Waals surface area contributed by atoms with Gasteiger partial charge in [-0.15, -0.1) is 0 Å². The van der Waals surface area contributed by atoms with Gasteiger partial charge in [0.15, 0.2) is 5.13 Å². The summed E-state index contributed by atoms with van der Waals surface area (Å²) < 4.78 is 0. The summed E-state index contributed by atoms with van der Waals surface area (Å²) in [5.74, 6) is 0. The molecule has 1 N–H and O–H groups in total. The lowest BCUT2D eigenvalue weighted by Crippen LogP contribution is -2.42. The van der Waals surface area contributed by atoms with E-state index >= 15 is 0 Å². The Hall–Kier alpha value is -0.650. The maximum absolute atomic E-state index is 9.57. The predicted octanol–water partition coefficient (Wildman–Crippen LogP) is 2.46. The monoisotopic (exact) mass is 297 g/mol. The van der Waals surface area contributed by atoms with Crippen LogP contribution < -0.4 is 4.90 Å². The van der Waals surface area contributed by atoms with E-state index in [1.54, 1.807) is 11.3 Å². The largest absolute Gasteiger partial charge is 0.391 e. The van der Waals surface area contributed by atoms with Crippen molar-refractivity contribution in [3.8, 4) is 0 Å². The van der Waals surface area contributed by atoms with Gasteiger partial charge in [-0.25, -0.2) is 4.98 Å². The van der Waals surface area contributed by atoms with E-state index in [0.717, 1.165) is 28.8 Å². The molecule has 1 fully saturated rings. The fourth-order valence-electron chi connectivity index (χ4n) is 2.72. The summed E-state index contributed by atoms with van der Waals surface area (Å²) in [5.41, 5.74) is 1.03. The van der Waals surface area contributed by atoms with Gasteiger partial charge < -0.3 is 14.9 Å². The van der Waals surface area contributed by atoms with Crippen LogP contribution in [0.2, 0.25) is 0 Å². The highest BCUT2D eigenvalue weighted by molar-refractivity contribution is 7.15. The van der Waals surface area contributed by atoms with Crippen LogP contribution in [-0.4, -0.2) is 48.2 Å². The molecule has 5 heteroatoms. The molecule has 4 nitrogen and oxygen atoms in total. The molecule has 1 aromatic rings. The summed E-state index contributed by atoms with van der Waals surface area (Å²) in [6, 6.07) is 0.566. The Morgan fingerprint density at radius 2 is 1.95 bits per heavy atom. The number of nitrogens with zero attached hydrogens (tertiary/aromatic N) is 3. The van der Waals surface area contributed by atoms with Crippen LogP contribution >= 0.6 is 11.3 Å². The molecule has 0 bridgehead atoms. The number of likely N-dealkylation sites (tertiary alicyclic amines) is 1. The van der Waals surface area contributed by atoms with Gasteiger partial charge in [-0.1, -0.05) is 32.1 Å². The summed E-state index contributed by atoms with van der Waals surface area (Å²) in [4.78, 5) is 10.5. The molecule has 2 heterocycles. The molecule has 0 aliphatic carbocycles. The van der Waals surface area contributed by atoms with Gasteiger partial charge in [-0.3, -0.25) is 0 Å². The lowest BCUT2D eigenvalue weighted by molar-refractivity contribution is 0.253. The van der Waals surface area contributed by atoms with E-state index in [2.05, 4.69) is 44.7 Å². The molecule has 2 rings (SSSR count). The van der Waals surface area contributed by atoms with Crippen molar-refractivity contribution >= 4 is 16.5 Å². The van der Waals surface area contributed by atoms with E-state index in [9.17, 15) is 5.11 Å². The van der Waals surface area contributed by atoms with E-state index < -0.39 is 0 Å². The van der Waals surface area contributed by atoms with Gasteiger partial charge in [0.05, 0.1) is 17.2 Å². The first-order valence-corrected chi connectivity index (χ1v) is 8.17. The number of aromatic nitrogens is 1. The van der Waals surface area contributed by atoms with Gasteiger partial charge in [-0.05, 0) is 33.0 Å². The van der Waals surface area contributed by atoms with Crippen molar-refractivity contribution in [2.75, 3.05) is 32.1 Å². The second-order valence-electron chi connectivity index (χ2n) is 6.82. The van der Waals surface area contributed by atoms with Gasteiger partial charge in [0.1, 0.15) is 0 Å². The number of rotatable bonds is 3. The van der Waals surface area contributed by atoms with E-state index in [0.29, 0.717) is 6.04 Å². The Morgan fingerprint density at radius 3 is 2.40 bits per heavy atom. The van der Waals surface area contributed by atoms with Crippen LogP contribution in [0.3, 0.4) is 0 Å². The molecule has 0 unspecified atom stereocenters. The Kier molecular flexibility index (Phi) is 4.72. The summed E-state index contributed by atoms with van der Waals surface area (Å²) >= 11 is 1.64. The van der Waals surface area contributed by atoms with Gasteiger partial charge in [0, 0.05) is 18.5 Å². The molecule has 0 spiro atoms. The van der Waals surface area contributed by atoms with Crippen molar-refractivity contribution in [2.24, 2.45) is 0 Å². The minimum absolute atomic E-state index is 0.0135. The van der Waals surface area contributed by atoms with Gasteiger partial charge >= 0.3 is 0 Å². The van der Waals surface area contributed by atoms with Crippen LogP contribution in [0.5, 0.6) is 0 Å². The Labute approximate surface area is 126 Å². The molecule has 20 heavy (non-hydrogen) atoms. The van der Waals surface area contributed by atoms with Crippen molar-refractivity contribution in [1.82, 2.24) is 9.88 Å². The Balaban J connectivity index is 2.18. The Morgan fingerprint density at radius 1 is 1.35 bits per heavy atom. The molecule has 0 atom stereocenters. The van der Waals surface area contributed by atoms with Crippen LogP contribution in [0.25, 0.3) is 0 Å². The molecule has 114 valence electrons. The van der Waals surface area contributed by atoms with Crippen LogP contribution in [0.1, 0.15) is 44.2 Å². The summed E-state index contributed by atoms with van der Waals surface area (Å²) in [6.07, 6.45) is 2.37. The van der Waals surface area contributed by atoms with Crippen molar-refractivity contribution in [3.05, 3.63) is 10.6 Å². The number of aliphatic hydroxyl groups excluding tert-OH is 1. The van der Waals surface area contributed by atoms with Crippen LogP contribution in [-0.2, 0) is 12.0 Å². The summed E-state index contributed by atoms with van der Waals surface area (Å²) in [7, 11) is 4.32. The van der Waals surface area contributed by atoms with Gasteiger partial charge in [0.25, 0.3) is 0 Å². The maximum Gasteiger partial charge on any atom is 0.185 e. The fraction of sp³-hybridized carbons (Fsp3) is 0.800. The molecule has 1 aliphatic rings. The topological polar surface area (TPSA) is 39.6 Å². The van der Waals surface area contributed by atoms with E-state index in [1.807, 2.05) is 0 Å². The highest BCUT2D eigenvalue weighted by atomic mass is 32.1. The second-order valence-corrected chi connectivity index (χ2v) is 7.88. The maximum atomic E-state index is 9.57. The van der Waals surface area contributed by atoms with Crippen molar-refractivity contribution < 1.29 is 5.11 Å². The molecule has 1 aromatic heterocycles. The van der Waals surface area contributed by atoms with E-state index in [1.165, 1.54) is 12.8 Å². The first-order valence-electron chi connectivity index (χ1n) is 7.35. The minimum Gasteiger partial charge on any atom is -0.391 e. The highest BCUT2D eigenvalue weighted by Crippen LogP contribution is 2.35. The quantitative estimate of drug-likeness (QED) is 0.930. The lowest BCUT2D eigenvalue weighted by atomic mass is 9.91. The second kappa shape index (κ2) is 6.00. The first-order chi connectivity index (χ1) is 9.32. The van der Waals surface area contributed by atoms with Crippen molar-refractivity contribution in [3.63, 3.8) is 0 Å². The third-order valence-electron chi connectivity index (χ3n) is 4.08. The van der Waals surface area contributed by atoms with Crippen LogP contribution in [0, 0.1) is 0 Å². The molecular weight excluding hydrogens is 270 g/mol. The zero-order valence-corrected chi connectivity index (χ0v) is 14.1.